The molecule has 3 aromatic rings. The number of rotatable bonds is 4. The molecule has 0 saturated heterocycles. The van der Waals surface area contributed by atoms with Crippen molar-refractivity contribution in [2.24, 2.45) is 0 Å². The number of esters is 1. The zero-order chi connectivity index (χ0) is 16.2. The van der Waals surface area contributed by atoms with Gasteiger partial charge in [-0.2, -0.15) is 0 Å². The molecule has 0 spiro atoms. The van der Waals surface area contributed by atoms with Crippen LogP contribution >= 0.6 is 0 Å². The number of hydrogen-bond donors (Lipinski definition) is 1. The third-order valence-corrected chi connectivity index (χ3v) is 3.17. The van der Waals surface area contributed by atoms with E-state index in [2.05, 4.69) is 9.97 Å². The first-order chi connectivity index (χ1) is 11.2. The fourth-order valence-electron chi connectivity index (χ4n) is 2.14. The van der Waals surface area contributed by atoms with Crippen LogP contribution in [0.2, 0.25) is 0 Å². The zero-order valence-electron chi connectivity index (χ0n) is 12.4. The van der Waals surface area contributed by atoms with Crippen molar-refractivity contribution < 1.29 is 19.4 Å². The Morgan fingerprint density at radius 2 is 2.09 bits per heavy atom. The number of ether oxygens (including phenoxy) is 2. The second-order valence-corrected chi connectivity index (χ2v) is 4.72. The lowest BCUT2D eigenvalue weighted by Gasteiger charge is -2.09. The van der Waals surface area contributed by atoms with Gasteiger partial charge in [0, 0.05) is 23.2 Å². The van der Waals surface area contributed by atoms with E-state index in [1.54, 1.807) is 49.6 Å². The first kappa shape index (κ1) is 14.8. The first-order valence-electron chi connectivity index (χ1n) is 7.05. The number of carbonyl (C=O) groups is 1. The predicted octanol–water partition coefficient (Wildman–Crippen LogP) is 3.30. The maximum Gasteiger partial charge on any atom is 0.360 e. The van der Waals surface area contributed by atoms with Crippen molar-refractivity contribution in [1.82, 2.24) is 9.97 Å². The van der Waals surface area contributed by atoms with Crippen LogP contribution in [0.3, 0.4) is 0 Å². The molecule has 0 aliphatic rings. The molecule has 0 aliphatic carbocycles. The second-order valence-electron chi connectivity index (χ2n) is 4.72. The minimum Gasteiger partial charge on any atom is -0.505 e. The van der Waals surface area contributed by atoms with Gasteiger partial charge >= 0.3 is 5.97 Å². The molecule has 0 aliphatic heterocycles. The van der Waals surface area contributed by atoms with Gasteiger partial charge in [-0.15, -0.1) is 0 Å². The summed E-state index contributed by atoms with van der Waals surface area (Å²) in [5.41, 5.74) is -0.0970. The second kappa shape index (κ2) is 6.31. The summed E-state index contributed by atoms with van der Waals surface area (Å²) in [6.07, 6.45) is 4.76. The number of carbonyl (C=O) groups excluding carboxylic acids is 1. The van der Waals surface area contributed by atoms with Crippen molar-refractivity contribution in [3.63, 3.8) is 0 Å². The molecule has 0 atom stereocenters. The van der Waals surface area contributed by atoms with Crippen LogP contribution in [-0.4, -0.2) is 27.7 Å². The largest absolute Gasteiger partial charge is 0.505 e. The fourth-order valence-corrected chi connectivity index (χ4v) is 2.14. The minimum atomic E-state index is -0.650. The summed E-state index contributed by atoms with van der Waals surface area (Å²) in [6, 6.07) is 8.65. The van der Waals surface area contributed by atoms with Crippen molar-refractivity contribution in [2.75, 3.05) is 6.61 Å². The van der Waals surface area contributed by atoms with E-state index in [9.17, 15) is 9.90 Å². The fraction of sp³-hybridized carbons (Fsp3) is 0.118. The quantitative estimate of drug-likeness (QED) is 0.745. The van der Waals surface area contributed by atoms with Gasteiger partial charge in [-0.1, -0.05) is 0 Å². The Morgan fingerprint density at radius 1 is 1.22 bits per heavy atom. The molecule has 2 heterocycles. The predicted molar refractivity (Wildman–Crippen MR) is 83.7 cm³/mol. The number of fused-ring (bicyclic) bond motifs is 1. The topological polar surface area (TPSA) is 81.5 Å². The smallest absolute Gasteiger partial charge is 0.360 e. The number of hydrogen-bond acceptors (Lipinski definition) is 6. The van der Waals surface area contributed by atoms with Gasteiger partial charge in [0.2, 0.25) is 0 Å². The highest BCUT2D eigenvalue weighted by molar-refractivity contribution is 5.99. The van der Waals surface area contributed by atoms with Crippen LogP contribution in [0.15, 0.2) is 48.9 Å². The van der Waals surface area contributed by atoms with E-state index >= 15 is 0 Å². The average Bonchev–Trinajstić information content (AvgIpc) is 2.56. The number of pyridine rings is 2. The van der Waals surface area contributed by atoms with Gasteiger partial charge in [-0.3, -0.25) is 4.98 Å². The van der Waals surface area contributed by atoms with E-state index in [1.807, 2.05) is 0 Å². The van der Waals surface area contributed by atoms with Crippen LogP contribution < -0.4 is 4.74 Å². The van der Waals surface area contributed by atoms with Crippen LogP contribution in [0.25, 0.3) is 10.8 Å². The van der Waals surface area contributed by atoms with E-state index in [-0.39, 0.29) is 18.1 Å². The Labute approximate surface area is 132 Å². The molecule has 6 nitrogen and oxygen atoms in total. The van der Waals surface area contributed by atoms with Crippen molar-refractivity contribution in [3.05, 3.63) is 54.6 Å². The molecular weight excluding hydrogens is 296 g/mol. The molecule has 23 heavy (non-hydrogen) atoms. The van der Waals surface area contributed by atoms with Crippen molar-refractivity contribution >= 4 is 16.7 Å². The van der Waals surface area contributed by atoms with Crippen LogP contribution in [0.1, 0.15) is 17.4 Å². The average molecular weight is 310 g/mol. The number of aromatic hydroxyl groups is 1. The monoisotopic (exact) mass is 310 g/mol. The first-order valence-corrected chi connectivity index (χ1v) is 7.05. The Morgan fingerprint density at radius 3 is 2.83 bits per heavy atom. The van der Waals surface area contributed by atoms with Gasteiger partial charge in [0.1, 0.15) is 11.5 Å². The molecule has 0 saturated carbocycles. The molecule has 2 aromatic heterocycles. The van der Waals surface area contributed by atoms with E-state index in [0.29, 0.717) is 22.3 Å². The Hall–Kier alpha value is -3.15. The van der Waals surface area contributed by atoms with Gasteiger partial charge in [-0.25, -0.2) is 9.78 Å². The van der Waals surface area contributed by atoms with Crippen molar-refractivity contribution in [2.45, 2.75) is 6.92 Å². The van der Waals surface area contributed by atoms with E-state index in [0.717, 1.165) is 0 Å². The zero-order valence-corrected chi connectivity index (χ0v) is 12.4. The molecule has 1 N–H and O–H groups in total. The maximum atomic E-state index is 11.7. The Kier molecular flexibility index (Phi) is 4.05. The molecular formula is C17H14N2O4. The maximum absolute atomic E-state index is 11.7. The summed E-state index contributed by atoms with van der Waals surface area (Å²) in [6.45, 7) is 1.91. The highest BCUT2D eigenvalue weighted by Crippen LogP contribution is 2.31. The highest BCUT2D eigenvalue weighted by Gasteiger charge is 2.17. The molecule has 1 aromatic carbocycles. The normalized spacial score (nSPS) is 10.5. The summed E-state index contributed by atoms with van der Waals surface area (Å²) in [7, 11) is 0. The molecule has 3 rings (SSSR count). The lowest BCUT2D eigenvalue weighted by molar-refractivity contribution is 0.0516. The van der Waals surface area contributed by atoms with E-state index < -0.39 is 5.97 Å². The number of aromatic nitrogens is 2. The third kappa shape index (κ3) is 3.06. The highest BCUT2D eigenvalue weighted by atomic mass is 16.5. The summed E-state index contributed by atoms with van der Waals surface area (Å²) in [5, 5.41) is 11.4. The lowest BCUT2D eigenvalue weighted by atomic mass is 10.1. The standard InChI is InChI=1S/C17H14N2O4/c1-2-22-17(21)15-16(20)14-6-5-12(8-11(14)9-19-15)23-13-4-3-7-18-10-13/h3-10,20H,2H2,1H3. The Balaban J connectivity index is 1.95. The summed E-state index contributed by atoms with van der Waals surface area (Å²) < 4.78 is 10.5. The van der Waals surface area contributed by atoms with Gasteiger partial charge in [-0.05, 0) is 37.3 Å². The molecule has 6 heteroatoms. The van der Waals surface area contributed by atoms with Crippen LogP contribution in [0.5, 0.6) is 17.2 Å². The van der Waals surface area contributed by atoms with Gasteiger partial charge < -0.3 is 14.6 Å². The van der Waals surface area contributed by atoms with E-state index in [4.69, 9.17) is 9.47 Å². The molecule has 0 fully saturated rings. The lowest BCUT2D eigenvalue weighted by Crippen LogP contribution is -2.07. The minimum absolute atomic E-state index is 0.0970. The van der Waals surface area contributed by atoms with Crippen LogP contribution in [-0.2, 0) is 4.74 Å². The number of benzene rings is 1. The van der Waals surface area contributed by atoms with Gasteiger partial charge in [0.05, 0.1) is 12.8 Å². The Bertz CT molecular complexity index is 850. The molecule has 0 bridgehead atoms. The van der Waals surface area contributed by atoms with Crippen molar-refractivity contribution in [3.8, 4) is 17.2 Å². The van der Waals surface area contributed by atoms with E-state index in [1.165, 1.54) is 6.20 Å². The van der Waals surface area contributed by atoms with Gasteiger partial charge in [0.25, 0.3) is 0 Å². The molecule has 116 valence electrons. The van der Waals surface area contributed by atoms with Crippen LogP contribution in [0.4, 0.5) is 0 Å². The number of nitrogens with zero attached hydrogens (tertiary/aromatic N) is 2. The molecule has 0 unspecified atom stereocenters. The van der Waals surface area contributed by atoms with Gasteiger partial charge in [0.15, 0.2) is 11.4 Å². The SMILES string of the molecule is CCOC(=O)c1ncc2cc(Oc3cccnc3)ccc2c1O. The summed E-state index contributed by atoms with van der Waals surface area (Å²) in [4.78, 5) is 19.7. The third-order valence-electron chi connectivity index (χ3n) is 3.17. The molecule has 0 amide bonds. The van der Waals surface area contributed by atoms with Crippen LogP contribution in [0, 0.1) is 0 Å². The summed E-state index contributed by atoms with van der Waals surface area (Å²) >= 11 is 0. The van der Waals surface area contributed by atoms with Crippen molar-refractivity contribution in [1.29, 1.82) is 0 Å². The summed E-state index contributed by atoms with van der Waals surface area (Å²) in [5.74, 6) is 0.333. The molecule has 0 radical (unpaired) electrons.